The Balaban J connectivity index is 1.65. The molecule has 0 unspecified atom stereocenters. The Bertz CT molecular complexity index is 1150. The Labute approximate surface area is 176 Å². The molecule has 1 atom stereocenters. The monoisotopic (exact) mass is 454 g/mol. The highest BCUT2D eigenvalue weighted by Gasteiger charge is 2.27. The number of nitrogens with zero attached hydrogens (tertiary/aromatic N) is 3. The normalized spacial score (nSPS) is 16.5. The summed E-state index contributed by atoms with van der Waals surface area (Å²) in [6.07, 6.45) is 4.11. The number of rotatable bonds is 2. The minimum atomic E-state index is -0.308. The number of nitrogens with one attached hydrogen (secondary N) is 1. The zero-order valence-electron chi connectivity index (χ0n) is 16.1. The van der Waals surface area contributed by atoms with Crippen LogP contribution < -0.4 is 5.32 Å². The molecule has 148 valence electrons. The summed E-state index contributed by atoms with van der Waals surface area (Å²) < 4.78 is 15.9. The third-order valence-electron chi connectivity index (χ3n) is 5.23. The summed E-state index contributed by atoms with van der Waals surface area (Å²) in [6.45, 7) is 6.01. The summed E-state index contributed by atoms with van der Waals surface area (Å²) in [5, 5.41) is 8.50. The first kappa shape index (κ1) is 19.4. The van der Waals surface area contributed by atoms with Crippen LogP contribution >= 0.6 is 15.9 Å². The molecule has 1 aliphatic heterocycles. The first-order valence-electron chi connectivity index (χ1n) is 9.17. The van der Waals surface area contributed by atoms with Crippen molar-refractivity contribution in [2.24, 2.45) is 7.05 Å². The molecular weight excluding hydrogens is 435 g/mol. The van der Waals surface area contributed by atoms with Gasteiger partial charge in [0.1, 0.15) is 11.3 Å². The molecule has 7 heteroatoms. The van der Waals surface area contributed by atoms with Gasteiger partial charge in [-0.1, -0.05) is 24.3 Å². The molecule has 1 aliphatic rings. The minimum absolute atomic E-state index is 0.257. The third-order valence-corrected chi connectivity index (χ3v) is 6.04. The summed E-state index contributed by atoms with van der Waals surface area (Å²) >= 11 is 3.58. The molecule has 2 heterocycles. The lowest BCUT2D eigenvalue weighted by molar-refractivity contribution is 0.211. The predicted octanol–water partition coefficient (Wildman–Crippen LogP) is 5.83. The van der Waals surface area contributed by atoms with E-state index >= 15 is 0 Å². The van der Waals surface area contributed by atoms with Crippen LogP contribution in [0.15, 0.2) is 65.3 Å². The van der Waals surface area contributed by atoms with Gasteiger partial charge in [0, 0.05) is 24.3 Å². The highest BCUT2D eigenvalue weighted by Crippen LogP contribution is 2.35. The second kappa shape index (κ2) is 7.48. The Morgan fingerprint density at radius 2 is 2.00 bits per heavy atom. The number of benzene rings is 2. The Hall–Kier alpha value is -2.93. The summed E-state index contributed by atoms with van der Waals surface area (Å²) in [6, 6.07) is 9.47. The molecule has 29 heavy (non-hydrogen) atoms. The summed E-state index contributed by atoms with van der Waals surface area (Å²) in [5.41, 5.74) is 4.24. The van der Waals surface area contributed by atoms with Crippen molar-refractivity contribution < 1.29 is 9.18 Å². The van der Waals surface area contributed by atoms with Crippen LogP contribution in [-0.2, 0) is 7.05 Å². The SMILES string of the molecule is C=C1C=CN(C(=O)Nc2ccc3c(C)n(C)nc3c2Br)[C@H](c2ccc(F)cc2)C1. The number of fused-ring (bicyclic) bond motifs is 1. The van der Waals surface area contributed by atoms with Crippen LogP contribution in [0.1, 0.15) is 23.7 Å². The number of hydrogen-bond acceptors (Lipinski definition) is 2. The molecule has 0 saturated heterocycles. The fourth-order valence-electron chi connectivity index (χ4n) is 3.51. The van der Waals surface area contributed by atoms with E-state index in [9.17, 15) is 9.18 Å². The van der Waals surface area contributed by atoms with E-state index in [-0.39, 0.29) is 17.9 Å². The van der Waals surface area contributed by atoms with Crippen LogP contribution in [0, 0.1) is 12.7 Å². The maximum atomic E-state index is 13.3. The van der Waals surface area contributed by atoms with Crippen molar-refractivity contribution in [2.45, 2.75) is 19.4 Å². The molecule has 0 spiro atoms. The first-order valence-corrected chi connectivity index (χ1v) is 9.97. The fourth-order valence-corrected chi connectivity index (χ4v) is 4.03. The molecule has 0 saturated carbocycles. The number of carbonyl (C=O) groups excluding carboxylic acids is 1. The Morgan fingerprint density at radius 3 is 2.72 bits per heavy atom. The van der Waals surface area contributed by atoms with Gasteiger partial charge in [-0.3, -0.25) is 9.58 Å². The number of amides is 2. The van der Waals surface area contributed by atoms with E-state index in [0.717, 1.165) is 32.2 Å². The van der Waals surface area contributed by atoms with Crippen molar-refractivity contribution in [2.75, 3.05) is 5.32 Å². The van der Waals surface area contributed by atoms with Crippen molar-refractivity contribution in [1.29, 1.82) is 0 Å². The fraction of sp³-hybridized carbons (Fsp3) is 0.182. The standard InChI is InChI=1S/C22H20BrFN4O/c1-13-10-11-28(19(12-13)15-4-6-16(24)7-5-15)22(29)25-18-9-8-17-14(2)27(3)26-21(17)20(18)23/h4-11,19H,1,12H2,2-3H3,(H,25,29)/t19-/m0/s1. The van der Waals surface area contributed by atoms with Crippen LogP contribution in [0.5, 0.6) is 0 Å². The maximum Gasteiger partial charge on any atom is 0.326 e. The van der Waals surface area contributed by atoms with E-state index in [1.54, 1.807) is 23.2 Å². The molecule has 3 aromatic rings. The topological polar surface area (TPSA) is 50.2 Å². The van der Waals surface area contributed by atoms with E-state index < -0.39 is 0 Å². The van der Waals surface area contributed by atoms with Crippen LogP contribution in [0.3, 0.4) is 0 Å². The van der Waals surface area contributed by atoms with Gasteiger partial charge in [-0.15, -0.1) is 0 Å². The first-order chi connectivity index (χ1) is 13.8. The van der Waals surface area contributed by atoms with E-state index in [2.05, 4.69) is 32.9 Å². The average molecular weight is 455 g/mol. The average Bonchev–Trinajstić information content (AvgIpc) is 2.99. The molecule has 1 aromatic heterocycles. The van der Waals surface area contributed by atoms with E-state index in [1.807, 2.05) is 36.9 Å². The number of urea groups is 1. The van der Waals surface area contributed by atoms with Gasteiger partial charge in [0.25, 0.3) is 0 Å². The highest BCUT2D eigenvalue weighted by molar-refractivity contribution is 9.10. The molecule has 0 aliphatic carbocycles. The van der Waals surface area contributed by atoms with Crippen LogP contribution in [0.4, 0.5) is 14.9 Å². The largest absolute Gasteiger partial charge is 0.326 e. The third kappa shape index (κ3) is 3.58. The lowest BCUT2D eigenvalue weighted by atomic mass is 9.96. The molecule has 0 fully saturated rings. The van der Waals surface area contributed by atoms with Gasteiger partial charge in [-0.25, -0.2) is 9.18 Å². The van der Waals surface area contributed by atoms with E-state index in [4.69, 9.17) is 0 Å². The molecule has 1 N–H and O–H groups in total. The quantitative estimate of drug-likeness (QED) is 0.529. The van der Waals surface area contributed by atoms with Crippen LogP contribution in [0.2, 0.25) is 0 Å². The Morgan fingerprint density at radius 1 is 1.28 bits per heavy atom. The number of aromatic nitrogens is 2. The van der Waals surface area contributed by atoms with Crippen molar-refractivity contribution in [1.82, 2.24) is 14.7 Å². The second-order valence-electron chi connectivity index (χ2n) is 7.12. The molecular formula is C22H20BrFN4O. The van der Waals surface area contributed by atoms with Gasteiger partial charge in [0.2, 0.25) is 0 Å². The lowest BCUT2D eigenvalue weighted by Crippen LogP contribution is -2.36. The molecule has 4 rings (SSSR count). The van der Waals surface area contributed by atoms with Crippen LogP contribution in [-0.4, -0.2) is 20.7 Å². The van der Waals surface area contributed by atoms with Gasteiger partial charge in [0.15, 0.2) is 0 Å². The van der Waals surface area contributed by atoms with Gasteiger partial charge < -0.3 is 5.32 Å². The van der Waals surface area contributed by atoms with Crippen molar-refractivity contribution in [3.8, 4) is 0 Å². The summed E-state index contributed by atoms with van der Waals surface area (Å²) in [4.78, 5) is 14.7. The number of allylic oxidation sites excluding steroid dienone is 1. The maximum absolute atomic E-state index is 13.3. The van der Waals surface area contributed by atoms with E-state index in [0.29, 0.717) is 12.1 Å². The number of carbonyl (C=O) groups is 1. The number of anilines is 1. The van der Waals surface area contributed by atoms with E-state index in [1.165, 1.54) is 12.1 Å². The number of hydrogen-bond donors (Lipinski definition) is 1. The molecule has 0 radical (unpaired) electrons. The lowest BCUT2D eigenvalue weighted by Gasteiger charge is -2.33. The van der Waals surface area contributed by atoms with Crippen molar-refractivity contribution >= 4 is 38.6 Å². The molecule has 2 aromatic carbocycles. The summed E-state index contributed by atoms with van der Waals surface area (Å²) in [5.74, 6) is -0.308. The zero-order chi connectivity index (χ0) is 20.7. The number of halogens is 2. The summed E-state index contributed by atoms with van der Waals surface area (Å²) in [7, 11) is 1.89. The van der Waals surface area contributed by atoms with Gasteiger partial charge in [-0.2, -0.15) is 5.10 Å². The molecule has 5 nitrogen and oxygen atoms in total. The van der Waals surface area contributed by atoms with Gasteiger partial charge >= 0.3 is 6.03 Å². The van der Waals surface area contributed by atoms with Crippen LogP contribution in [0.25, 0.3) is 10.9 Å². The molecule has 0 bridgehead atoms. The number of aryl methyl sites for hydroxylation is 2. The van der Waals surface area contributed by atoms with Crippen molar-refractivity contribution in [3.63, 3.8) is 0 Å². The zero-order valence-corrected chi connectivity index (χ0v) is 17.7. The Kier molecular flexibility index (Phi) is 5.00. The van der Waals surface area contributed by atoms with Gasteiger partial charge in [0.05, 0.1) is 16.2 Å². The second-order valence-corrected chi connectivity index (χ2v) is 7.91. The highest BCUT2D eigenvalue weighted by atomic mass is 79.9. The molecule has 2 amide bonds. The van der Waals surface area contributed by atoms with Gasteiger partial charge in [-0.05, 0) is 65.2 Å². The van der Waals surface area contributed by atoms with Crippen molar-refractivity contribution in [3.05, 3.63) is 82.4 Å². The minimum Gasteiger partial charge on any atom is -0.306 e. The predicted molar refractivity (Wildman–Crippen MR) is 116 cm³/mol. The smallest absolute Gasteiger partial charge is 0.306 e.